The Balaban J connectivity index is 1.33. The van der Waals surface area contributed by atoms with Gasteiger partial charge in [-0.05, 0) is 56.5 Å². The second-order valence-corrected chi connectivity index (χ2v) is 12.5. The summed E-state index contributed by atoms with van der Waals surface area (Å²) in [6.07, 6.45) is -11.5. The van der Waals surface area contributed by atoms with Gasteiger partial charge < -0.3 is 29.7 Å². The van der Waals surface area contributed by atoms with Crippen molar-refractivity contribution in [1.29, 1.82) is 0 Å². The zero-order chi connectivity index (χ0) is 35.4. The van der Waals surface area contributed by atoms with E-state index in [0.29, 0.717) is 48.5 Å². The number of rotatable bonds is 7. The van der Waals surface area contributed by atoms with Crippen LogP contribution in [-0.2, 0) is 27.1 Å². The maximum atomic E-state index is 13.6. The maximum Gasteiger partial charge on any atom is 0.430 e. The number of nitrogens with zero attached hydrogens (tertiary/aromatic N) is 3. The number of ether oxygens (including phenoxy) is 2. The fourth-order valence-electron chi connectivity index (χ4n) is 6.47. The van der Waals surface area contributed by atoms with E-state index in [1.807, 2.05) is 0 Å². The van der Waals surface area contributed by atoms with Crippen molar-refractivity contribution in [3.63, 3.8) is 0 Å². The summed E-state index contributed by atoms with van der Waals surface area (Å²) in [5.41, 5.74) is -6.87. The third kappa shape index (κ3) is 5.87. The van der Waals surface area contributed by atoms with Gasteiger partial charge in [0.15, 0.2) is 11.5 Å². The SMILES string of the molecule is CCCc1cc(C(O)(C(F)(F)F)C(F)(F)F)ccc1N1CC(C)N(C(=O)CN2C(=O)N[C@](C)(c3ccc4c(c3)OCCO4)C2=O)CC1C. The van der Waals surface area contributed by atoms with Crippen LogP contribution in [0.25, 0.3) is 0 Å². The minimum atomic E-state index is -6.01. The Labute approximate surface area is 272 Å². The summed E-state index contributed by atoms with van der Waals surface area (Å²) in [4.78, 5) is 44.2. The molecule has 0 saturated carbocycles. The molecule has 10 nitrogen and oxygen atoms in total. The van der Waals surface area contributed by atoms with Crippen molar-refractivity contribution in [2.24, 2.45) is 0 Å². The molecule has 2 fully saturated rings. The number of piperazine rings is 1. The first-order chi connectivity index (χ1) is 22.3. The standard InChI is InChI=1S/C32H36F6N4O6/c1-5-6-20-13-22(30(46,31(33,34)35)32(36,37)38)7-9-23(20)40-15-19(3)41(16-18(40)2)26(43)17-42-27(44)29(4,39-28(42)45)21-8-10-24-25(14-21)48-12-11-47-24/h7-10,13-14,18-19,46H,5-6,11-12,15-17H2,1-4H3,(H,39,45)/t18?,19?,29-/m1/s1. The molecule has 3 aliphatic heterocycles. The molecule has 2 unspecified atom stereocenters. The number of carbonyl (C=O) groups is 3. The average molecular weight is 687 g/mol. The number of halogens is 6. The van der Waals surface area contributed by atoms with Crippen LogP contribution in [0.2, 0.25) is 0 Å². The van der Waals surface area contributed by atoms with E-state index in [4.69, 9.17) is 9.47 Å². The Morgan fingerprint density at radius 3 is 2.23 bits per heavy atom. The van der Waals surface area contributed by atoms with Crippen LogP contribution >= 0.6 is 0 Å². The molecular formula is C32H36F6N4O6. The first-order valence-corrected chi connectivity index (χ1v) is 15.4. The van der Waals surface area contributed by atoms with Crippen molar-refractivity contribution in [3.8, 4) is 11.5 Å². The molecule has 4 amide bonds. The van der Waals surface area contributed by atoms with Gasteiger partial charge in [-0.3, -0.25) is 14.5 Å². The molecule has 0 radical (unpaired) electrons. The van der Waals surface area contributed by atoms with Gasteiger partial charge in [0.1, 0.15) is 25.3 Å². The number of imide groups is 1. The number of aliphatic hydroxyl groups is 1. The molecule has 0 aromatic heterocycles. The lowest BCUT2D eigenvalue weighted by Gasteiger charge is -2.46. The molecule has 16 heteroatoms. The number of nitrogens with one attached hydrogen (secondary N) is 1. The van der Waals surface area contributed by atoms with Crippen LogP contribution in [0.3, 0.4) is 0 Å². The molecule has 0 bridgehead atoms. The summed E-state index contributed by atoms with van der Waals surface area (Å²) < 4.78 is 92.7. The smallest absolute Gasteiger partial charge is 0.430 e. The number of hydrogen-bond acceptors (Lipinski definition) is 7. The number of aryl methyl sites for hydroxylation is 1. The molecule has 0 spiro atoms. The quantitative estimate of drug-likeness (QED) is 0.323. The highest BCUT2D eigenvalue weighted by atomic mass is 19.4. The van der Waals surface area contributed by atoms with Crippen molar-refractivity contribution in [1.82, 2.24) is 15.1 Å². The molecule has 5 rings (SSSR count). The third-order valence-electron chi connectivity index (χ3n) is 9.14. The van der Waals surface area contributed by atoms with Crippen molar-refractivity contribution >= 4 is 23.5 Å². The van der Waals surface area contributed by atoms with E-state index in [-0.39, 0.29) is 25.1 Å². The van der Waals surface area contributed by atoms with Crippen LogP contribution in [0.5, 0.6) is 11.5 Å². The fourth-order valence-corrected chi connectivity index (χ4v) is 6.47. The molecular weight excluding hydrogens is 650 g/mol. The first-order valence-electron chi connectivity index (χ1n) is 15.4. The van der Waals surface area contributed by atoms with Crippen LogP contribution in [0.4, 0.5) is 36.8 Å². The van der Waals surface area contributed by atoms with Gasteiger partial charge >= 0.3 is 18.4 Å². The normalized spacial score (nSPS) is 23.4. The third-order valence-corrected chi connectivity index (χ3v) is 9.14. The Kier molecular flexibility index (Phi) is 9.03. The minimum absolute atomic E-state index is 0.0887. The van der Waals surface area contributed by atoms with Gasteiger partial charge in [0.25, 0.3) is 11.5 Å². The summed E-state index contributed by atoms with van der Waals surface area (Å²) in [6.45, 7) is 7.08. The highest BCUT2D eigenvalue weighted by Crippen LogP contribution is 2.51. The van der Waals surface area contributed by atoms with Gasteiger partial charge in [-0.2, -0.15) is 26.3 Å². The van der Waals surface area contributed by atoms with Crippen LogP contribution in [0.15, 0.2) is 36.4 Å². The van der Waals surface area contributed by atoms with Gasteiger partial charge in [-0.1, -0.05) is 31.5 Å². The van der Waals surface area contributed by atoms with E-state index in [1.165, 1.54) is 11.8 Å². The van der Waals surface area contributed by atoms with E-state index in [9.17, 15) is 45.8 Å². The number of alkyl halides is 6. The second kappa shape index (κ2) is 12.3. The predicted octanol–water partition coefficient (Wildman–Crippen LogP) is 4.62. The number of anilines is 1. The Hall–Kier alpha value is -4.21. The van der Waals surface area contributed by atoms with Gasteiger partial charge in [-0.25, -0.2) is 4.79 Å². The first kappa shape index (κ1) is 35.1. The topological polar surface area (TPSA) is 112 Å². The number of urea groups is 1. The molecule has 0 aliphatic carbocycles. The molecule has 2 aromatic rings. The monoisotopic (exact) mass is 686 g/mol. The Morgan fingerprint density at radius 2 is 1.60 bits per heavy atom. The molecule has 262 valence electrons. The largest absolute Gasteiger partial charge is 0.486 e. The molecule has 2 N–H and O–H groups in total. The Morgan fingerprint density at radius 1 is 0.958 bits per heavy atom. The predicted molar refractivity (Wildman–Crippen MR) is 159 cm³/mol. The molecule has 48 heavy (non-hydrogen) atoms. The minimum Gasteiger partial charge on any atom is -0.486 e. The fraction of sp³-hybridized carbons (Fsp3) is 0.531. The van der Waals surface area contributed by atoms with Crippen molar-refractivity contribution in [3.05, 3.63) is 53.1 Å². The van der Waals surface area contributed by atoms with Crippen LogP contribution in [-0.4, -0.2) is 90.0 Å². The summed E-state index contributed by atoms with van der Waals surface area (Å²) in [6, 6.07) is 5.64. The van der Waals surface area contributed by atoms with Gasteiger partial charge in [-0.15, -0.1) is 0 Å². The number of hydrogen-bond donors (Lipinski definition) is 2. The molecule has 3 atom stereocenters. The van der Waals surface area contributed by atoms with Crippen molar-refractivity contribution < 1.29 is 55.3 Å². The van der Waals surface area contributed by atoms with Crippen LogP contribution in [0, 0.1) is 0 Å². The number of amides is 4. The highest BCUT2D eigenvalue weighted by molar-refractivity contribution is 6.09. The summed E-state index contributed by atoms with van der Waals surface area (Å²) in [7, 11) is 0. The second-order valence-electron chi connectivity index (χ2n) is 12.5. The molecule has 2 aromatic carbocycles. The number of benzene rings is 2. The van der Waals surface area contributed by atoms with Crippen molar-refractivity contribution in [2.45, 2.75) is 76.1 Å². The zero-order valence-electron chi connectivity index (χ0n) is 26.7. The summed E-state index contributed by atoms with van der Waals surface area (Å²) >= 11 is 0. The van der Waals surface area contributed by atoms with Gasteiger partial charge in [0.05, 0.1) is 0 Å². The summed E-state index contributed by atoms with van der Waals surface area (Å²) in [5.74, 6) is -0.237. The van der Waals surface area contributed by atoms with E-state index >= 15 is 0 Å². The maximum absolute atomic E-state index is 13.6. The van der Waals surface area contributed by atoms with Crippen molar-refractivity contribution in [2.75, 3.05) is 37.7 Å². The van der Waals surface area contributed by atoms with E-state index in [1.54, 1.807) is 43.9 Å². The van der Waals surface area contributed by atoms with E-state index in [2.05, 4.69) is 5.32 Å². The molecule has 3 heterocycles. The highest BCUT2D eigenvalue weighted by Gasteiger charge is 2.71. The van der Waals surface area contributed by atoms with Gasteiger partial charge in [0.2, 0.25) is 5.91 Å². The molecule has 3 aliphatic rings. The lowest BCUT2D eigenvalue weighted by molar-refractivity contribution is -0.376. The van der Waals surface area contributed by atoms with Crippen LogP contribution < -0.4 is 19.7 Å². The van der Waals surface area contributed by atoms with E-state index in [0.717, 1.165) is 17.0 Å². The number of carbonyl (C=O) groups excluding carboxylic acids is 3. The average Bonchev–Trinajstić information content (AvgIpc) is 3.23. The summed E-state index contributed by atoms with van der Waals surface area (Å²) in [5, 5.41) is 12.6. The number of fused-ring (bicyclic) bond motifs is 1. The molecule has 2 saturated heterocycles. The van der Waals surface area contributed by atoms with Crippen LogP contribution in [0.1, 0.15) is 50.8 Å². The zero-order valence-corrected chi connectivity index (χ0v) is 26.7. The Bertz CT molecular complexity index is 1590. The van der Waals surface area contributed by atoms with Gasteiger partial charge in [0, 0.05) is 36.4 Å². The lowest BCUT2D eigenvalue weighted by atomic mass is 9.89. The lowest BCUT2D eigenvalue weighted by Crippen LogP contribution is -2.60. The van der Waals surface area contributed by atoms with E-state index < -0.39 is 65.5 Å².